The van der Waals surface area contributed by atoms with Crippen molar-refractivity contribution in [2.24, 2.45) is 5.73 Å². The van der Waals surface area contributed by atoms with Crippen LogP contribution in [0.3, 0.4) is 0 Å². The number of hydrogen-bond donors (Lipinski definition) is 3. The molecule has 2 rings (SSSR count). The zero-order chi connectivity index (χ0) is 15.5. The molecule has 1 unspecified atom stereocenters. The summed E-state index contributed by atoms with van der Waals surface area (Å²) in [6, 6.07) is 14.7. The van der Waals surface area contributed by atoms with Gasteiger partial charge in [-0.15, -0.1) is 0 Å². The van der Waals surface area contributed by atoms with Gasteiger partial charge in [-0.25, -0.2) is 0 Å². The molecule has 110 valence electrons. The lowest BCUT2D eigenvalue weighted by atomic mass is 9.74. The standard InChI is InChI=1S/C17H20N2O2/c1-12-4-2-3-5-15(12)17(11-18,16(20)21)10-13-6-8-14(19)9-7-13/h2-9H,10-11,18-19H2,1H3,(H,20,21). The van der Waals surface area contributed by atoms with Crippen molar-refractivity contribution in [3.8, 4) is 0 Å². The zero-order valence-electron chi connectivity index (χ0n) is 12.0. The molecule has 0 spiro atoms. The fourth-order valence-corrected chi connectivity index (χ4v) is 2.65. The lowest BCUT2D eigenvalue weighted by Crippen LogP contribution is -2.45. The van der Waals surface area contributed by atoms with E-state index < -0.39 is 11.4 Å². The van der Waals surface area contributed by atoms with E-state index in [4.69, 9.17) is 11.5 Å². The molecular weight excluding hydrogens is 264 g/mol. The van der Waals surface area contributed by atoms with Crippen molar-refractivity contribution in [2.75, 3.05) is 12.3 Å². The van der Waals surface area contributed by atoms with Crippen LogP contribution in [0.2, 0.25) is 0 Å². The summed E-state index contributed by atoms with van der Waals surface area (Å²) >= 11 is 0. The van der Waals surface area contributed by atoms with Gasteiger partial charge in [0.1, 0.15) is 5.41 Å². The molecule has 0 saturated carbocycles. The van der Waals surface area contributed by atoms with E-state index in [1.807, 2.05) is 43.3 Å². The summed E-state index contributed by atoms with van der Waals surface area (Å²) in [6.07, 6.45) is 0.337. The van der Waals surface area contributed by atoms with Gasteiger partial charge in [0.15, 0.2) is 0 Å². The molecule has 0 bridgehead atoms. The minimum absolute atomic E-state index is 0.0392. The second-order valence-corrected chi connectivity index (χ2v) is 5.32. The van der Waals surface area contributed by atoms with Gasteiger partial charge in [-0.3, -0.25) is 4.79 Å². The van der Waals surface area contributed by atoms with Crippen molar-refractivity contribution in [3.63, 3.8) is 0 Å². The van der Waals surface area contributed by atoms with Crippen LogP contribution < -0.4 is 11.5 Å². The quantitative estimate of drug-likeness (QED) is 0.733. The largest absolute Gasteiger partial charge is 0.481 e. The van der Waals surface area contributed by atoms with Crippen LogP contribution in [-0.4, -0.2) is 17.6 Å². The Morgan fingerprint density at radius 3 is 2.29 bits per heavy atom. The number of aryl methyl sites for hydroxylation is 1. The number of benzene rings is 2. The molecule has 21 heavy (non-hydrogen) atoms. The molecule has 2 aromatic rings. The summed E-state index contributed by atoms with van der Waals surface area (Å²) < 4.78 is 0. The predicted octanol–water partition coefficient (Wildman–Crippen LogP) is 2.10. The van der Waals surface area contributed by atoms with E-state index in [0.717, 1.165) is 16.7 Å². The van der Waals surface area contributed by atoms with E-state index in [2.05, 4.69) is 0 Å². The SMILES string of the molecule is Cc1ccccc1C(CN)(Cc1ccc(N)cc1)C(=O)O. The molecule has 5 N–H and O–H groups in total. The van der Waals surface area contributed by atoms with Crippen molar-refractivity contribution >= 4 is 11.7 Å². The molecule has 0 aliphatic rings. The second kappa shape index (κ2) is 5.97. The highest BCUT2D eigenvalue weighted by Gasteiger charge is 2.40. The van der Waals surface area contributed by atoms with Crippen LogP contribution in [0.4, 0.5) is 5.69 Å². The average molecular weight is 284 g/mol. The molecule has 0 radical (unpaired) electrons. The summed E-state index contributed by atoms with van der Waals surface area (Å²) in [5.41, 5.74) is 13.7. The number of nitrogen functional groups attached to an aromatic ring is 1. The number of hydrogen-bond acceptors (Lipinski definition) is 3. The predicted molar refractivity (Wildman–Crippen MR) is 84.1 cm³/mol. The van der Waals surface area contributed by atoms with Gasteiger partial charge in [0.25, 0.3) is 0 Å². The van der Waals surface area contributed by atoms with Gasteiger partial charge in [0.05, 0.1) is 0 Å². The first-order valence-corrected chi connectivity index (χ1v) is 6.83. The molecule has 2 aromatic carbocycles. The first kappa shape index (κ1) is 15.1. The maximum Gasteiger partial charge on any atom is 0.315 e. The highest BCUT2D eigenvalue weighted by molar-refractivity contribution is 5.83. The van der Waals surface area contributed by atoms with Gasteiger partial charge < -0.3 is 16.6 Å². The van der Waals surface area contributed by atoms with Crippen LogP contribution in [0.1, 0.15) is 16.7 Å². The minimum Gasteiger partial charge on any atom is -0.481 e. The molecular formula is C17H20N2O2. The van der Waals surface area contributed by atoms with Crippen LogP contribution in [0.25, 0.3) is 0 Å². The fraction of sp³-hybridized carbons (Fsp3) is 0.235. The van der Waals surface area contributed by atoms with Crippen molar-refractivity contribution in [2.45, 2.75) is 18.8 Å². The molecule has 0 aliphatic heterocycles. The van der Waals surface area contributed by atoms with Crippen molar-refractivity contribution in [3.05, 3.63) is 65.2 Å². The summed E-state index contributed by atoms with van der Waals surface area (Å²) in [5, 5.41) is 9.81. The van der Waals surface area contributed by atoms with Crippen LogP contribution >= 0.6 is 0 Å². The first-order chi connectivity index (χ1) is 9.99. The summed E-state index contributed by atoms with van der Waals surface area (Å²) in [6.45, 7) is 1.95. The second-order valence-electron chi connectivity index (χ2n) is 5.32. The number of anilines is 1. The third-order valence-electron chi connectivity index (χ3n) is 3.90. The third-order valence-corrected chi connectivity index (χ3v) is 3.90. The van der Waals surface area contributed by atoms with Crippen LogP contribution in [0.5, 0.6) is 0 Å². The molecule has 0 saturated heterocycles. The Bertz CT molecular complexity index is 637. The van der Waals surface area contributed by atoms with Gasteiger partial charge >= 0.3 is 5.97 Å². The van der Waals surface area contributed by atoms with E-state index in [9.17, 15) is 9.90 Å². The van der Waals surface area contributed by atoms with E-state index in [0.29, 0.717) is 12.1 Å². The van der Waals surface area contributed by atoms with Gasteiger partial charge in [0.2, 0.25) is 0 Å². The molecule has 0 aliphatic carbocycles. The Hall–Kier alpha value is -2.33. The summed E-state index contributed by atoms with van der Waals surface area (Å²) in [5.74, 6) is -0.906. The number of carboxylic acids is 1. The molecule has 4 nitrogen and oxygen atoms in total. The Balaban J connectivity index is 2.50. The first-order valence-electron chi connectivity index (χ1n) is 6.83. The van der Waals surface area contributed by atoms with Crippen LogP contribution in [0.15, 0.2) is 48.5 Å². The lowest BCUT2D eigenvalue weighted by molar-refractivity contribution is -0.143. The lowest BCUT2D eigenvalue weighted by Gasteiger charge is -2.30. The van der Waals surface area contributed by atoms with Gasteiger partial charge in [-0.2, -0.15) is 0 Å². The smallest absolute Gasteiger partial charge is 0.315 e. The fourth-order valence-electron chi connectivity index (χ4n) is 2.65. The number of rotatable bonds is 5. The van der Waals surface area contributed by atoms with Crippen molar-refractivity contribution < 1.29 is 9.90 Å². The molecule has 1 atom stereocenters. The van der Waals surface area contributed by atoms with E-state index in [1.54, 1.807) is 12.1 Å². The zero-order valence-corrected chi connectivity index (χ0v) is 12.0. The molecule has 4 heteroatoms. The Labute approximate surface area is 124 Å². The van der Waals surface area contributed by atoms with Crippen molar-refractivity contribution in [1.82, 2.24) is 0 Å². The van der Waals surface area contributed by atoms with E-state index in [-0.39, 0.29) is 6.54 Å². The van der Waals surface area contributed by atoms with E-state index in [1.165, 1.54) is 0 Å². The minimum atomic E-state index is -1.12. The molecule has 0 heterocycles. The normalized spacial score (nSPS) is 13.6. The average Bonchev–Trinajstić information content (AvgIpc) is 2.47. The third kappa shape index (κ3) is 2.90. The number of carbonyl (C=O) groups is 1. The summed E-state index contributed by atoms with van der Waals surface area (Å²) in [4.78, 5) is 12.0. The highest BCUT2D eigenvalue weighted by Crippen LogP contribution is 2.31. The van der Waals surface area contributed by atoms with Crippen molar-refractivity contribution in [1.29, 1.82) is 0 Å². The Morgan fingerprint density at radius 2 is 1.76 bits per heavy atom. The number of aliphatic carboxylic acids is 1. The maximum atomic E-state index is 12.0. The number of nitrogens with two attached hydrogens (primary N) is 2. The monoisotopic (exact) mass is 284 g/mol. The topological polar surface area (TPSA) is 89.3 Å². The van der Waals surface area contributed by atoms with Crippen LogP contribution in [0, 0.1) is 6.92 Å². The molecule has 0 fully saturated rings. The van der Waals surface area contributed by atoms with Crippen LogP contribution in [-0.2, 0) is 16.6 Å². The van der Waals surface area contributed by atoms with E-state index >= 15 is 0 Å². The Kier molecular flexibility index (Phi) is 4.29. The highest BCUT2D eigenvalue weighted by atomic mass is 16.4. The number of carboxylic acid groups (broad SMARTS) is 1. The molecule has 0 aromatic heterocycles. The Morgan fingerprint density at radius 1 is 1.14 bits per heavy atom. The van der Waals surface area contributed by atoms with Gasteiger partial charge in [-0.1, -0.05) is 36.4 Å². The molecule has 0 amide bonds. The van der Waals surface area contributed by atoms with Gasteiger partial charge in [-0.05, 0) is 42.2 Å². The summed E-state index contributed by atoms with van der Waals surface area (Å²) in [7, 11) is 0. The van der Waals surface area contributed by atoms with Gasteiger partial charge in [0, 0.05) is 12.2 Å². The maximum absolute atomic E-state index is 12.0.